The Morgan fingerprint density at radius 1 is 1.05 bits per heavy atom. The summed E-state index contributed by atoms with van der Waals surface area (Å²) in [5.74, 6) is 2.13. The first-order chi connectivity index (χ1) is 9.11. The molecule has 0 radical (unpaired) electrons. The van der Waals surface area contributed by atoms with Gasteiger partial charge < -0.3 is 15.2 Å². The Kier molecular flexibility index (Phi) is 4.02. The van der Waals surface area contributed by atoms with Gasteiger partial charge in [0.25, 0.3) is 0 Å². The first-order valence-electron chi connectivity index (χ1n) is 5.83. The molecular weight excluding hydrogens is 258 g/mol. The summed E-state index contributed by atoms with van der Waals surface area (Å²) in [6, 6.07) is 13.1. The standard InChI is InChI=1S/C15H15NO2S/c1-10-9-11(15(16)19)7-8-12(10)18-14-6-4-3-5-13(14)17-2/h3-9H,1-2H3,(H2,16,19). The molecule has 3 nitrogen and oxygen atoms in total. The monoisotopic (exact) mass is 273 g/mol. The molecule has 2 aromatic rings. The molecule has 0 spiro atoms. The van der Waals surface area contributed by atoms with Crippen LogP contribution >= 0.6 is 12.2 Å². The zero-order chi connectivity index (χ0) is 13.8. The van der Waals surface area contributed by atoms with Crippen LogP contribution in [0.3, 0.4) is 0 Å². The second-order valence-corrected chi connectivity index (χ2v) is 4.54. The highest BCUT2D eigenvalue weighted by Gasteiger charge is 2.07. The van der Waals surface area contributed by atoms with Crippen LogP contribution in [0.4, 0.5) is 0 Å². The van der Waals surface area contributed by atoms with E-state index in [4.69, 9.17) is 27.4 Å². The molecule has 0 saturated heterocycles. The van der Waals surface area contributed by atoms with E-state index in [2.05, 4.69) is 0 Å². The minimum Gasteiger partial charge on any atom is -0.493 e. The van der Waals surface area contributed by atoms with E-state index < -0.39 is 0 Å². The van der Waals surface area contributed by atoms with Crippen LogP contribution in [-0.2, 0) is 0 Å². The fourth-order valence-electron chi connectivity index (χ4n) is 1.74. The number of aryl methyl sites for hydroxylation is 1. The van der Waals surface area contributed by atoms with E-state index >= 15 is 0 Å². The maximum atomic E-state index is 5.86. The summed E-state index contributed by atoms with van der Waals surface area (Å²) in [4.78, 5) is 0.381. The smallest absolute Gasteiger partial charge is 0.169 e. The van der Waals surface area contributed by atoms with Crippen LogP contribution in [0.1, 0.15) is 11.1 Å². The second kappa shape index (κ2) is 5.71. The minimum absolute atomic E-state index is 0.381. The van der Waals surface area contributed by atoms with Crippen LogP contribution in [0.15, 0.2) is 42.5 Å². The fourth-order valence-corrected chi connectivity index (χ4v) is 1.87. The highest BCUT2D eigenvalue weighted by atomic mass is 32.1. The van der Waals surface area contributed by atoms with Crippen molar-refractivity contribution < 1.29 is 9.47 Å². The largest absolute Gasteiger partial charge is 0.493 e. The van der Waals surface area contributed by atoms with E-state index in [1.54, 1.807) is 7.11 Å². The predicted molar refractivity (Wildman–Crippen MR) is 80.1 cm³/mol. The van der Waals surface area contributed by atoms with Crippen LogP contribution in [0.5, 0.6) is 17.2 Å². The molecule has 2 rings (SSSR count). The number of methoxy groups -OCH3 is 1. The zero-order valence-corrected chi connectivity index (χ0v) is 11.7. The molecule has 0 amide bonds. The Morgan fingerprint density at radius 2 is 1.74 bits per heavy atom. The first kappa shape index (κ1) is 13.4. The number of para-hydroxylation sites is 2. The Balaban J connectivity index is 2.31. The zero-order valence-electron chi connectivity index (χ0n) is 10.8. The lowest BCUT2D eigenvalue weighted by atomic mass is 10.1. The molecule has 0 fully saturated rings. The Bertz CT molecular complexity index is 611. The molecule has 0 unspecified atom stereocenters. The molecule has 0 bridgehead atoms. The average Bonchev–Trinajstić information content (AvgIpc) is 2.41. The third-order valence-electron chi connectivity index (χ3n) is 2.75. The van der Waals surface area contributed by atoms with Gasteiger partial charge in [0, 0.05) is 5.56 Å². The number of thiocarbonyl (C=S) groups is 1. The van der Waals surface area contributed by atoms with Crippen LogP contribution < -0.4 is 15.2 Å². The van der Waals surface area contributed by atoms with Crippen molar-refractivity contribution in [2.45, 2.75) is 6.92 Å². The van der Waals surface area contributed by atoms with Gasteiger partial charge in [-0.25, -0.2) is 0 Å². The van der Waals surface area contributed by atoms with E-state index in [0.717, 1.165) is 16.9 Å². The van der Waals surface area contributed by atoms with Crippen molar-refractivity contribution in [1.29, 1.82) is 0 Å². The van der Waals surface area contributed by atoms with E-state index in [0.29, 0.717) is 16.5 Å². The topological polar surface area (TPSA) is 44.5 Å². The molecule has 19 heavy (non-hydrogen) atoms. The number of rotatable bonds is 4. The number of benzene rings is 2. The lowest BCUT2D eigenvalue weighted by Crippen LogP contribution is -2.09. The van der Waals surface area contributed by atoms with Crippen LogP contribution in [0, 0.1) is 6.92 Å². The molecule has 0 saturated carbocycles. The summed E-state index contributed by atoms with van der Waals surface area (Å²) in [5.41, 5.74) is 7.40. The lowest BCUT2D eigenvalue weighted by molar-refractivity contribution is 0.378. The van der Waals surface area contributed by atoms with Gasteiger partial charge in [0.05, 0.1) is 7.11 Å². The average molecular weight is 273 g/mol. The molecule has 0 aromatic heterocycles. The van der Waals surface area contributed by atoms with Crippen molar-refractivity contribution in [1.82, 2.24) is 0 Å². The fraction of sp³-hybridized carbons (Fsp3) is 0.133. The molecular formula is C15H15NO2S. The highest BCUT2D eigenvalue weighted by molar-refractivity contribution is 7.80. The molecule has 2 N–H and O–H groups in total. The first-order valence-corrected chi connectivity index (χ1v) is 6.24. The third kappa shape index (κ3) is 3.03. The minimum atomic E-state index is 0.381. The maximum absolute atomic E-state index is 5.86. The Hall–Kier alpha value is -2.07. The van der Waals surface area contributed by atoms with Gasteiger partial charge >= 0.3 is 0 Å². The highest BCUT2D eigenvalue weighted by Crippen LogP contribution is 2.32. The van der Waals surface area contributed by atoms with Crippen molar-refractivity contribution in [2.24, 2.45) is 5.73 Å². The summed E-state index contributed by atoms with van der Waals surface area (Å²) in [5, 5.41) is 0. The van der Waals surface area contributed by atoms with Crippen molar-refractivity contribution in [3.8, 4) is 17.2 Å². The molecule has 4 heteroatoms. The van der Waals surface area contributed by atoms with Gasteiger partial charge in [-0.05, 0) is 42.8 Å². The number of hydrogen-bond donors (Lipinski definition) is 1. The van der Waals surface area contributed by atoms with Gasteiger partial charge in [-0.2, -0.15) is 0 Å². The number of nitrogens with two attached hydrogens (primary N) is 1. The van der Waals surface area contributed by atoms with Gasteiger partial charge in [-0.3, -0.25) is 0 Å². The molecule has 2 aromatic carbocycles. The second-order valence-electron chi connectivity index (χ2n) is 4.10. The normalized spacial score (nSPS) is 10.0. The summed E-state index contributed by atoms with van der Waals surface area (Å²) < 4.78 is 11.1. The van der Waals surface area contributed by atoms with Crippen molar-refractivity contribution in [2.75, 3.05) is 7.11 Å². The van der Waals surface area contributed by atoms with Crippen molar-refractivity contribution in [3.05, 3.63) is 53.6 Å². The Morgan fingerprint density at radius 3 is 2.32 bits per heavy atom. The van der Waals surface area contributed by atoms with Crippen molar-refractivity contribution in [3.63, 3.8) is 0 Å². The molecule has 0 aliphatic carbocycles. The third-order valence-corrected chi connectivity index (χ3v) is 2.98. The van der Waals surface area contributed by atoms with E-state index in [1.165, 1.54) is 0 Å². The van der Waals surface area contributed by atoms with Crippen LogP contribution in [-0.4, -0.2) is 12.1 Å². The summed E-state index contributed by atoms with van der Waals surface area (Å²) >= 11 is 4.95. The predicted octanol–water partition coefficient (Wildman–Crippen LogP) is 3.43. The summed E-state index contributed by atoms with van der Waals surface area (Å²) in [6.07, 6.45) is 0. The van der Waals surface area contributed by atoms with Crippen LogP contribution in [0.25, 0.3) is 0 Å². The van der Waals surface area contributed by atoms with Crippen molar-refractivity contribution >= 4 is 17.2 Å². The molecule has 0 aliphatic rings. The number of hydrogen-bond acceptors (Lipinski definition) is 3. The van der Waals surface area contributed by atoms with E-state index in [9.17, 15) is 0 Å². The van der Waals surface area contributed by atoms with Gasteiger partial charge in [-0.1, -0.05) is 24.4 Å². The summed E-state index contributed by atoms with van der Waals surface area (Å²) in [6.45, 7) is 1.95. The Labute approximate surface area is 118 Å². The molecule has 0 heterocycles. The van der Waals surface area contributed by atoms with Gasteiger partial charge in [0.15, 0.2) is 11.5 Å². The molecule has 0 atom stereocenters. The van der Waals surface area contributed by atoms with E-state index in [1.807, 2.05) is 49.4 Å². The van der Waals surface area contributed by atoms with Gasteiger partial charge in [-0.15, -0.1) is 0 Å². The lowest BCUT2D eigenvalue weighted by Gasteiger charge is -2.12. The van der Waals surface area contributed by atoms with E-state index in [-0.39, 0.29) is 0 Å². The van der Waals surface area contributed by atoms with Crippen LogP contribution in [0.2, 0.25) is 0 Å². The maximum Gasteiger partial charge on any atom is 0.169 e. The SMILES string of the molecule is COc1ccccc1Oc1ccc(C(N)=S)cc1C. The quantitative estimate of drug-likeness (QED) is 0.867. The number of ether oxygens (including phenoxy) is 2. The molecule has 0 aliphatic heterocycles. The molecule has 98 valence electrons. The van der Waals surface area contributed by atoms with Gasteiger partial charge in [0.2, 0.25) is 0 Å². The summed E-state index contributed by atoms with van der Waals surface area (Å²) in [7, 11) is 1.62. The van der Waals surface area contributed by atoms with Gasteiger partial charge in [0.1, 0.15) is 10.7 Å².